The zero-order valence-corrected chi connectivity index (χ0v) is 13.4. The maximum absolute atomic E-state index is 4.96. The lowest BCUT2D eigenvalue weighted by Gasteiger charge is -2.31. The molecule has 2 aliphatic heterocycles. The number of nitrogens with one attached hydrogen (secondary N) is 1. The number of aliphatic imine (C=N–C) groups is 1. The third-order valence-corrected chi connectivity index (χ3v) is 5.78. The van der Waals surface area contributed by atoms with Crippen molar-refractivity contribution in [3.63, 3.8) is 0 Å². The quantitative estimate of drug-likeness (QED) is 0.870. The molecule has 22 heavy (non-hydrogen) atoms. The molecule has 3 heteroatoms. The lowest BCUT2D eigenvalue weighted by Crippen LogP contribution is -2.39. The molecule has 1 fully saturated rings. The Balaban J connectivity index is 1.73. The van der Waals surface area contributed by atoms with E-state index in [9.17, 15) is 0 Å². The SMILES string of the molecule is c1ccc(C2SC(C3CCCCN3)=Nc3ccccc32)cc1. The van der Waals surface area contributed by atoms with Crippen molar-refractivity contribution in [2.45, 2.75) is 30.6 Å². The summed E-state index contributed by atoms with van der Waals surface area (Å²) in [5.74, 6) is 0. The fraction of sp³-hybridized carbons (Fsp3) is 0.316. The Morgan fingerprint density at radius 1 is 0.955 bits per heavy atom. The molecule has 0 aromatic heterocycles. The average Bonchev–Trinajstić information content (AvgIpc) is 2.62. The zero-order valence-electron chi connectivity index (χ0n) is 12.5. The number of rotatable bonds is 2. The van der Waals surface area contributed by atoms with E-state index in [0.717, 1.165) is 12.2 Å². The van der Waals surface area contributed by atoms with Crippen molar-refractivity contribution in [3.8, 4) is 0 Å². The number of benzene rings is 2. The van der Waals surface area contributed by atoms with E-state index in [1.165, 1.54) is 35.4 Å². The Labute approximate surface area is 136 Å². The minimum absolute atomic E-state index is 0.355. The molecule has 2 aromatic carbocycles. The van der Waals surface area contributed by atoms with Crippen molar-refractivity contribution >= 4 is 22.5 Å². The number of thioether (sulfide) groups is 1. The van der Waals surface area contributed by atoms with Crippen LogP contribution >= 0.6 is 11.8 Å². The Bertz CT molecular complexity index is 675. The number of para-hydroxylation sites is 1. The van der Waals surface area contributed by atoms with E-state index >= 15 is 0 Å². The van der Waals surface area contributed by atoms with Crippen molar-refractivity contribution in [2.24, 2.45) is 4.99 Å². The van der Waals surface area contributed by atoms with Crippen LogP contribution in [0, 0.1) is 0 Å². The van der Waals surface area contributed by atoms with Crippen LogP contribution in [0.25, 0.3) is 0 Å². The van der Waals surface area contributed by atoms with Gasteiger partial charge in [0.05, 0.1) is 22.0 Å². The lowest BCUT2D eigenvalue weighted by atomic mass is 10.0. The monoisotopic (exact) mass is 308 g/mol. The van der Waals surface area contributed by atoms with Gasteiger partial charge in [0.2, 0.25) is 0 Å². The first-order chi connectivity index (χ1) is 10.9. The molecule has 0 radical (unpaired) electrons. The average molecular weight is 308 g/mol. The van der Waals surface area contributed by atoms with Gasteiger partial charge in [-0.25, -0.2) is 4.99 Å². The van der Waals surface area contributed by atoms with Gasteiger partial charge in [0.15, 0.2) is 0 Å². The van der Waals surface area contributed by atoms with E-state index in [2.05, 4.69) is 59.9 Å². The van der Waals surface area contributed by atoms with Crippen LogP contribution in [0.1, 0.15) is 35.6 Å². The summed E-state index contributed by atoms with van der Waals surface area (Å²) in [4.78, 5) is 4.96. The van der Waals surface area contributed by atoms with Gasteiger partial charge in [-0.15, -0.1) is 0 Å². The van der Waals surface area contributed by atoms with Crippen LogP contribution in [-0.4, -0.2) is 17.6 Å². The first-order valence-corrected chi connectivity index (χ1v) is 8.92. The van der Waals surface area contributed by atoms with Crippen LogP contribution in [0.3, 0.4) is 0 Å². The molecule has 4 rings (SSSR count). The summed E-state index contributed by atoms with van der Waals surface area (Å²) >= 11 is 1.92. The molecule has 0 amide bonds. The first kappa shape index (κ1) is 14.0. The molecule has 2 aliphatic rings. The maximum Gasteiger partial charge on any atom is 0.0917 e. The third kappa shape index (κ3) is 2.71. The lowest BCUT2D eigenvalue weighted by molar-refractivity contribution is 0.475. The summed E-state index contributed by atoms with van der Waals surface area (Å²) < 4.78 is 0. The van der Waals surface area contributed by atoms with E-state index in [4.69, 9.17) is 4.99 Å². The summed E-state index contributed by atoms with van der Waals surface area (Å²) in [6.07, 6.45) is 3.79. The predicted octanol–water partition coefficient (Wildman–Crippen LogP) is 4.69. The van der Waals surface area contributed by atoms with Gasteiger partial charge in [0.1, 0.15) is 0 Å². The predicted molar refractivity (Wildman–Crippen MR) is 95.1 cm³/mol. The highest BCUT2D eigenvalue weighted by molar-refractivity contribution is 8.14. The van der Waals surface area contributed by atoms with Crippen LogP contribution in [0.2, 0.25) is 0 Å². The Morgan fingerprint density at radius 3 is 2.59 bits per heavy atom. The number of nitrogens with zero attached hydrogens (tertiary/aromatic N) is 1. The molecule has 0 aliphatic carbocycles. The minimum atomic E-state index is 0.355. The highest BCUT2D eigenvalue weighted by Gasteiger charge is 2.29. The second-order valence-corrected chi connectivity index (χ2v) is 7.05. The first-order valence-electron chi connectivity index (χ1n) is 8.04. The second kappa shape index (κ2) is 6.27. The van der Waals surface area contributed by atoms with Crippen LogP contribution < -0.4 is 5.32 Å². The molecular formula is C19H20N2S. The molecule has 2 unspecified atom stereocenters. The largest absolute Gasteiger partial charge is 0.308 e. The molecule has 0 spiro atoms. The Hall–Kier alpha value is -1.58. The molecule has 2 aromatic rings. The van der Waals surface area contributed by atoms with Gasteiger partial charge >= 0.3 is 0 Å². The van der Waals surface area contributed by atoms with E-state index in [1.807, 2.05) is 11.8 Å². The van der Waals surface area contributed by atoms with Gasteiger partial charge in [0, 0.05) is 0 Å². The van der Waals surface area contributed by atoms with Gasteiger partial charge in [0.25, 0.3) is 0 Å². The smallest absolute Gasteiger partial charge is 0.0917 e. The van der Waals surface area contributed by atoms with Gasteiger partial charge in [-0.05, 0) is 36.6 Å². The van der Waals surface area contributed by atoms with Crippen molar-refractivity contribution in [1.82, 2.24) is 5.32 Å². The molecule has 2 atom stereocenters. The normalized spacial score (nSPS) is 24.5. The number of hydrogen-bond acceptors (Lipinski definition) is 3. The summed E-state index contributed by atoms with van der Waals surface area (Å²) in [6.45, 7) is 1.11. The van der Waals surface area contributed by atoms with Gasteiger partial charge in [-0.3, -0.25) is 0 Å². The molecule has 2 nitrogen and oxygen atoms in total. The number of piperidine rings is 1. The Morgan fingerprint density at radius 2 is 1.77 bits per heavy atom. The maximum atomic E-state index is 4.96. The molecule has 112 valence electrons. The standard InChI is InChI=1S/C19H20N2S/c1-2-8-14(9-3-1)18-15-10-4-5-11-16(15)21-19(22-18)17-12-6-7-13-20-17/h1-5,8-11,17-18,20H,6-7,12-13H2. The zero-order chi connectivity index (χ0) is 14.8. The van der Waals surface area contributed by atoms with Crippen molar-refractivity contribution in [2.75, 3.05) is 6.54 Å². The van der Waals surface area contributed by atoms with Crippen molar-refractivity contribution in [3.05, 3.63) is 65.7 Å². The van der Waals surface area contributed by atoms with Crippen LogP contribution in [0.15, 0.2) is 59.6 Å². The second-order valence-electron chi connectivity index (χ2n) is 5.92. The summed E-state index contributed by atoms with van der Waals surface area (Å²) in [7, 11) is 0. The molecule has 1 saturated heterocycles. The molecule has 0 bridgehead atoms. The Kier molecular flexibility index (Phi) is 4.00. The third-order valence-electron chi connectivity index (χ3n) is 4.40. The fourth-order valence-electron chi connectivity index (χ4n) is 3.24. The summed E-state index contributed by atoms with van der Waals surface area (Å²) in [5.41, 5.74) is 3.83. The number of hydrogen-bond donors (Lipinski definition) is 1. The van der Waals surface area contributed by atoms with Crippen LogP contribution in [-0.2, 0) is 0 Å². The van der Waals surface area contributed by atoms with E-state index in [0.29, 0.717) is 11.3 Å². The molecule has 1 N–H and O–H groups in total. The highest BCUT2D eigenvalue weighted by atomic mass is 32.2. The highest BCUT2D eigenvalue weighted by Crippen LogP contribution is 2.45. The summed E-state index contributed by atoms with van der Waals surface area (Å²) in [5, 5.41) is 5.25. The summed E-state index contributed by atoms with van der Waals surface area (Å²) in [6, 6.07) is 19.8. The van der Waals surface area contributed by atoms with Gasteiger partial charge in [-0.2, -0.15) is 0 Å². The van der Waals surface area contributed by atoms with E-state index < -0.39 is 0 Å². The molecule has 2 heterocycles. The number of fused-ring (bicyclic) bond motifs is 1. The van der Waals surface area contributed by atoms with E-state index in [-0.39, 0.29) is 0 Å². The van der Waals surface area contributed by atoms with Crippen LogP contribution in [0.4, 0.5) is 5.69 Å². The topological polar surface area (TPSA) is 24.4 Å². The van der Waals surface area contributed by atoms with Gasteiger partial charge < -0.3 is 5.32 Å². The van der Waals surface area contributed by atoms with Crippen molar-refractivity contribution in [1.29, 1.82) is 0 Å². The van der Waals surface area contributed by atoms with E-state index in [1.54, 1.807) is 0 Å². The van der Waals surface area contributed by atoms with Gasteiger partial charge in [-0.1, -0.05) is 66.7 Å². The fourth-order valence-corrected chi connectivity index (χ4v) is 4.62. The molecular weight excluding hydrogens is 288 g/mol. The van der Waals surface area contributed by atoms with Crippen molar-refractivity contribution < 1.29 is 0 Å². The minimum Gasteiger partial charge on any atom is -0.308 e. The van der Waals surface area contributed by atoms with Crippen LogP contribution in [0.5, 0.6) is 0 Å². The molecule has 0 saturated carbocycles.